The zero-order valence-electron chi connectivity index (χ0n) is 18.5. The van der Waals surface area contributed by atoms with Gasteiger partial charge in [-0.15, -0.1) is 0 Å². The second-order valence-corrected chi connectivity index (χ2v) is 8.00. The number of nitrogens with zero attached hydrogens (tertiary/aromatic N) is 1. The lowest BCUT2D eigenvalue weighted by atomic mass is 10.0. The van der Waals surface area contributed by atoms with E-state index in [1.54, 1.807) is 14.0 Å². The molecule has 1 saturated heterocycles. The van der Waals surface area contributed by atoms with Gasteiger partial charge >= 0.3 is 0 Å². The van der Waals surface area contributed by atoms with Crippen LogP contribution in [0.2, 0.25) is 0 Å². The summed E-state index contributed by atoms with van der Waals surface area (Å²) in [4.78, 5) is 13.7. The molecule has 4 heteroatoms. The predicted molar refractivity (Wildman–Crippen MR) is 127 cm³/mol. The third-order valence-electron chi connectivity index (χ3n) is 6.07. The summed E-state index contributed by atoms with van der Waals surface area (Å²) in [7, 11) is 1.73. The number of nitrogens with one attached hydrogen (secondary N) is 1. The Morgan fingerprint density at radius 3 is 2.32 bits per heavy atom. The number of carbonyl (C=O) groups excluding carboxylic acids is 1. The van der Waals surface area contributed by atoms with Gasteiger partial charge < -0.3 is 10.1 Å². The maximum absolute atomic E-state index is 11.2. The maximum atomic E-state index is 11.2. The molecule has 0 bridgehead atoms. The summed E-state index contributed by atoms with van der Waals surface area (Å²) in [5, 5.41) is 3.43. The van der Waals surface area contributed by atoms with Crippen LogP contribution in [0.3, 0.4) is 0 Å². The van der Waals surface area contributed by atoms with E-state index >= 15 is 0 Å². The van der Waals surface area contributed by atoms with Crippen molar-refractivity contribution in [2.24, 2.45) is 0 Å². The number of methoxy groups -OCH3 is 1. The highest BCUT2D eigenvalue weighted by molar-refractivity contribution is 5.97. The first-order valence-corrected chi connectivity index (χ1v) is 11.0. The van der Waals surface area contributed by atoms with Gasteiger partial charge in [-0.3, -0.25) is 9.69 Å². The van der Waals surface area contributed by atoms with Gasteiger partial charge in [-0.05, 0) is 42.3 Å². The highest BCUT2D eigenvalue weighted by atomic mass is 16.5. The van der Waals surface area contributed by atoms with E-state index in [0.717, 1.165) is 37.5 Å². The number of benzene rings is 3. The van der Waals surface area contributed by atoms with Crippen LogP contribution in [0.15, 0.2) is 66.7 Å². The quantitative estimate of drug-likeness (QED) is 0.456. The lowest BCUT2D eigenvalue weighted by Gasteiger charge is -2.35. The van der Waals surface area contributed by atoms with Crippen molar-refractivity contribution in [2.45, 2.75) is 19.9 Å². The van der Waals surface area contributed by atoms with Gasteiger partial charge in [-0.25, -0.2) is 0 Å². The molecule has 0 aromatic heterocycles. The number of hydrogen-bond donors (Lipinski definition) is 1. The number of likely N-dealkylation sites (N-methyl/N-ethyl adjacent to an activating group) is 1. The van der Waals surface area contributed by atoms with Crippen LogP contribution < -0.4 is 10.1 Å². The largest absolute Gasteiger partial charge is 0.495 e. The van der Waals surface area contributed by atoms with Gasteiger partial charge in [-0.1, -0.05) is 61.5 Å². The SMILES string of the molecule is CCN1CCNCC1c1ccc(C(C)=O)cc1.COc1c(-c2ccccc2)cc2cc1-2. The molecule has 1 atom stereocenters. The molecule has 5 rings (SSSR count). The Hall–Kier alpha value is -2.95. The molecule has 1 N–H and O–H groups in total. The fourth-order valence-corrected chi connectivity index (χ4v) is 4.25. The lowest BCUT2D eigenvalue weighted by molar-refractivity contribution is 0.101. The molecule has 2 aromatic carbocycles. The summed E-state index contributed by atoms with van der Waals surface area (Å²) in [6, 6.07) is 23.1. The molecule has 1 aliphatic heterocycles. The Balaban J connectivity index is 0.000000151. The van der Waals surface area contributed by atoms with Gasteiger partial charge in [0.2, 0.25) is 0 Å². The summed E-state index contributed by atoms with van der Waals surface area (Å²) < 4.78 is 5.39. The first-order valence-electron chi connectivity index (χ1n) is 11.0. The Bertz CT molecular complexity index is 1040. The number of fused-ring (bicyclic) bond motifs is 1. The van der Waals surface area contributed by atoms with Crippen LogP contribution >= 0.6 is 0 Å². The Kier molecular flexibility index (Phi) is 6.50. The van der Waals surface area contributed by atoms with Crippen molar-refractivity contribution in [3.63, 3.8) is 0 Å². The van der Waals surface area contributed by atoms with E-state index in [-0.39, 0.29) is 5.78 Å². The number of rotatable bonds is 5. The zero-order valence-corrected chi connectivity index (χ0v) is 18.5. The monoisotopic (exact) mass is 414 g/mol. The first kappa shape index (κ1) is 21.3. The molecule has 0 amide bonds. The summed E-state index contributed by atoms with van der Waals surface area (Å²) >= 11 is 0. The molecule has 2 aromatic rings. The normalized spacial score (nSPS) is 16.8. The Morgan fingerprint density at radius 2 is 1.71 bits per heavy atom. The molecule has 160 valence electrons. The van der Waals surface area contributed by atoms with Crippen LogP contribution in [0.4, 0.5) is 0 Å². The highest BCUT2D eigenvalue weighted by Gasteiger charge is 2.24. The number of piperazine rings is 1. The minimum absolute atomic E-state index is 0.130. The number of ether oxygens (including phenoxy) is 1. The average Bonchev–Trinajstić information content (AvgIpc) is 3.50. The summed E-state index contributed by atoms with van der Waals surface area (Å²) in [5.74, 6) is 1.15. The molecule has 1 heterocycles. The standard InChI is InChI=1S/C14H20N2O.C13H10O/c1-3-16-9-8-15-10-14(16)13-6-4-12(5-7-13)11(2)17;1-14-13-11(7-10-8-12(10)13)9-5-3-2-4-6-9/h4-7,14-15H,3,8-10H2,1-2H3;2-8H,1H3. The molecular formula is C27H30N2O2. The fraction of sp³-hybridized carbons (Fsp3) is 0.296. The molecule has 0 saturated carbocycles. The molecule has 2 aliphatic carbocycles. The summed E-state index contributed by atoms with van der Waals surface area (Å²) in [6.45, 7) is 8.03. The van der Waals surface area contributed by atoms with Crippen molar-refractivity contribution < 1.29 is 9.53 Å². The third kappa shape index (κ3) is 4.71. The van der Waals surface area contributed by atoms with Gasteiger partial charge in [0.1, 0.15) is 5.75 Å². The van der Waals surface area contributed by atoms with Crippen LogP contribution in [-0.2, 0) is 0 Å². The van der Waals surface area contributed by atoms with Gasteiger partial charge in [0.25, 0.3) is 0 Å². The van der Waals surface area contributed by atoms with Crippen LogP contribution in [0.1, 0.15) is 35.8 Å². The topological polar surface area (TPSA) is 41.6 Å². The second kappa shape index (κ2) is 9.46. The second-order valence-electron chi connectivity index (χ2n) is 8.00. The fourth-order valence-electron chi connectivity index (χ4n) is 4.25. The Morgan fingerprint density at radius 1 is 1.03 bits per heavy atom. The van der Waals surface area contributed by atoms with Crippen molar-refractivity contribution in [3.8, 4) is 28.0 Å². The smallest absolute Gasteiger partial charge is 0.159 e. The molecule has 31 heavy (non-hydrogen) atoms. The molecule has 1 unspecified atom stereocenters. The van der Waals surface area contributed by atoms with Crippen LogP contribution in [-0.4, -0.2) is 44.0 Å². The van der Waals surface area contributed by atoms with E-state index in [1.807, 2.05) is 30.3 Å². The third-order valence-corrected chi connectivity index (χ3v) is 6.07. The summed E-state index contributed by atoms with van der Waals surface area (Å²) in [6.07, 6.45) is 0. The predicted octanol–water partition coefficient (Wildman–Crippen LogP) is 5.20. The number of carbonyl (C=O) groups is 1. The summed E-state index contributed by atoms with van der Waals surface area (Å²) in [5.41, 5.74) is 7.11. The van der Waals surface area contributed by atoms with E-state index in [4.69, 9.17) is 4.74 Å². The van der Waals surface area contributed by atoms with Gasteiger partial charge in [0, 0.05) is 42.4 Å². The maximum Gasteiger partial charge on any atom is 0.159 e. The van der Waals surface area contributed by atoms with E-state index in [1.165, 1.54) is 27.8 Å². The molecule has 0 spiro atoms. The first-order chi connectivity index (χ1) is 15.1. The lowest BCUT2D eigenvalue weighted by Crippen LogP contribution is -2.45. The van der Waals surface area contributed by atoms with Crippen LogP contribution in [0.5, 0.6) is 5.75 Å². The van der Waals surface area contributed by atoms with E-state index < -0.39 is 0 Å². The molecule has 4 nitrogen and oxygen atoms in total. The van der Waals surface area contributed by atoms with Crippen LogP contribution in [0, 0.1) is 0 Å². The molecule has 1 fully saturated rings. The molecule has 0 radical (unpaired) electrons. The Labute approximate surface area is 184 Å². The zero-order chi connectivity index (χ0) is 21.8. The van der Waals surface area contributed by atoms with Gasteiger partial charge in [0.05, 0.1) is 7.11 Å². The number of Topliss-reactive ketones (excluding diaryl/α,β-unsaturated/α-hetero) is 1. The van der Waals surface area contributed by atoms with Gasteiger partial charge in [-0.2, -0.15) is 0 Å². The van der Waals surface area contributed by atoms with Crippen molar-refractivity contribution in [2.75, 3.05) is 33.3 Å². The minimum Gasteiger partial charge on any atom is -0.495 e. The van der Waals surface area contributed by atoms with E-state index in [9.17, 15) is 4.79 Å². The minimum atomic E-state index is 0.130. The van der Waals surface area contributed by atoms with Crippen molar-refractivity contribution >= 4 is 5.78 Å². The van der Waals surface area contributed by atoms with Gasteiger partial charge in [0.15, 0.2) is 5.78 Å². The van der Waals surface area contributed by atoms with Crippen molar-refractivity contribution in [1.29, 1.82) is 0 Å². The van der Waals surface area contributed by atoms with Crippen molar-refractivity contribution in [1.82, 2.24) is 10.2 Å². The average molecular weight is 415 g/mol. The molecular weight excluding hydrogens is 384 g/mol. The number of ketones is 1. The molecule has 3 aliphatic rings. The van der Waals surface area contributed by atoms with E-state index in [0.29, 0.717) is 6.04 Å². The van der Waals surface area contributed by atoms with E-state index in [2.05, 4.69) is 53.5 Å². The van der Waals surface area contributed by atoms with Crippen LogP contribution in [0.25, 0.3) is 22.3 Å². The number of hydrogen-bond acceptors (Lipinski definition) is 4. The van der Waals surface area contributed by atoms with Crippen molar-refractivity contribution in [3.05, 3.63) is 77.9 Å². The highest BCUT2D eigenvalue weighted by Crippen LogP contribution is 2.50.